The van der Waals surface area contributed by atoms with Crippen molar-refractivity contribution in [3.05, 3.63) is 32.5 Å². The van der Waals surface area contributed by atoms with Gasteiger partial charge in [0.15, 0.2) is 0 Å². The number of thiophene rings is 1. The van der Waals surface area contributed by atoms with E-state index in [1.165, 1.54) is 9.78 Å². The quantitative estimate of drug-likeness (QED) is 0.480. The molecule has 2 saturated heterocycles. The highest BCUT2D eigenvalue weighted by Crippen LogP contribution is 2.52. The van der Waals surface area contributed by atoms with E-state index in [1.54, 1.807) is 30.0 Å². The van der Waals surface area contributed by atoms with Crippen LogP contribution >= 0.6 is 35.5 Å². The molecule has 160 valence electrons. The molecule has 2 fully saturated rings. The molecule has 4 heterocycles. The van der Waals surface area contributed by atoms with E-state index in [0.717, 1.165) is 22.7 Å². The zero-order chi connectivity index (χ0) is 20.2. The number of carboxylic acid groups (broad SMARTS) is 1. The minimum Gasteiger partial charge on any atom is -0.477 e. The van der Waals surface area contributed by atoms with Gasteiger partial charge in [0.25, 0.3) is 0 Å². The Bertz CT molecular complexity index is 843. The minimum atomic E-state index is -1.07. The van der Waals surface area contributed by atoms with Gasteiger partial charge in [-0.1, -0.05) is 6.92 Å². The molecule has 1 amide bonds. The number of nitrogens with zero attached hydrogens (tertiary/aromatic N) is 1. The third-order valence-corrected chi connectivity index (χ3v) is 8.66. The Morgan fingerprint density at radius 3 is 2.79 bits per heavy atom. The van der Waals surface area contributed by atoms with Gasteiger partial charge in [0.05, 0.1) is 18.1 Å². The van der Waals surface area contributed by atoms with Gasteiger partial charge in [0.2, 0.25) is 5.91 Å². The van der Waals surface area contributed by atoms with Crippen molar-refractivity contribution in [2.45, 2.75) is 50.3 Å². The molecule has 0 radical (unpaired) electrons. The minimum absolute atomic E-state index is 0. The van der Waals surface area contributed by atoms with E-state index in [1.807, 2.05) is 6.92 Å². The molecule has 5 N–H and O–H groups in total. The third kappa shape index (κ3) is 3.73. The van der Waals surface area contributed by atoms with Gasteiger partial charge in [-0.25, -0.2) is 4.79 Å². The number of thioether (sulfide) groups is 1. The summed E-state index contributed by atoms with van der Waals surface area (Å²) in [6.45, 7) is 4.88. The van der Waals surface area contributed by atoms with Crippen molar-refractivity contribution in [1.29, 1.82) is 0 Å². The number of carbonyl (C=O) groups is 2. The summed E-state index contributed by atoms with van der Waals surface area (Å²) in [5.41, 5.74) is 5.81. The van der Waals surface area contributed by atoms with Gasteiger partial charge in [-0.2, -0.15) is 0 Å². The molecular formula is C19H26ClN3O4S2. The standard InChI is InChI=1S/C19H25N3O4S2.ClH/c1-8-15-14(9(2)23)18(24)22(15)16(19(25)26)17(8)28-11-5-12(21-7-11)13-4-3-10(6-20)27-13;/h3-4,8-9,11-12,14-15,21,23H,5-7,20H2,1-2H3,(H,25,26);1H/t8-,9-,11+,12-,14-,15-;/m1./s1. The fourth-order valence-corrected chi connectivity index (χ4v) is 7.02. The average Bonchev–Trinajstić information content (AvgIpc) is 3.33. The van der Waals surface area contributed by atoms with Crippen LogP contribution in [0.4, 0.5) is 0 Å². The highest BCUT2D eigenvalue weighted by molar-refractivity contribution is 8.03. The highest BCUT2D eigenvalue weighted by Gasteiger charge is 2.60. The van der Waals surface area contributed by atoms with Crippen molar-refractivity contribution in [1.82, 2.24) is 10.2 Å². The molecule has 1 aromatic heterocycles. The number of amides is 1. The number of aliphatic hydroxyl groups is 1. The summed E-state index contributed by atoms with van der Waals surface area (Å²) >= 11 is 3.29. The van der Waals surface area contributed by atoms with Gasteiger partial charge in [0.1, 0.15) is 5.70 Å². The molecule has 0 aromatic carbocycles. The number of carboxylic acids is 1. The largest absolute Gasteiger partial charge is 0.477 e. The Hall–Kier alpha value is -1.10. The summed E-state index contributed by atoms with van der Waals surface area (Å²) in [5, 5.41) is 23.5. The van der Waals surface area contributed by atoms with Gasteiger partial charge in [-0.15, -0.1) is 35.5 Å². The molecule has 29 heavy (non-hydrogen) atoms. The number of rotatable bonds is 6. The van der Waals surface area contributed by atoms with E-state index in [2.05, 4.69) is 17.4 Å². The Balaban J connectivity index is 0.00000240. The van der Waals surface area contributed by atoms with Crippen LogP contribution in [-0.2, 0) is 16.1 Å². The van der Waals surface area contributed by atoms with Gasteiger partial charge in [-0.3, -0.25) is 4.79 Å². The molecule has 0 unspecified atom stereocenters. The smallest absolute Gasteiger partial charge is 0.353 e. The monoisotopic (exact) mass is 459 g/mol. The van der Waals surface area contributed by atoms with Gasteiger partial charge < -0.3 is 26.2 Å². The fraction of sp³-hybridized carbons (Fsp3) is 0.579. The van der Waals surface area contributed by atoms with Crippen molar-refractivity contribution in [3.8, 4) is 0 Å². The van der Waals surface area contributed by atoms with Crippen LogP contribution in [0.3, 0.4) is 0 Å². The summed E-state index contributed by atoms with van der Waals surface area (Å²) in [5.74, 6) is -1.95. The molecule has 0 bridgehead atoms. The van der Waals surface area contributed by atoms with Crippen LogP contribution in [0.15, 0.2) is 22.7 Å². The number of nitrogens with one attached hydrogen (secondary N) is 1. The second-order valence-corrected chi connectivity index (χ2v) is 10.3. The first-order chi connectivity index (χ1) is 13.3. The van der Waals surface area contributed by atoms with E-state index in [-0.39, 0.29) is 47.3 Å². The van der Waals surface area contributed by atoms with Crippen molar-refractivity contribution >= 4 is 47.4 Å². The lowest BCUT2D eigenvalue weighted by molar-refractivity contribution is -0.163. The van der Waals surface area contributed by atoms with Crippen LogP contribution in [0.2, 0.25) is 0 Å². The van der Waals surface area contributed by atoms with Crippen molar-refractivity contribution < 1.29 is 19.8 Å². The first-order valence-corrected chi connectivity index (χ1v) is 11.2. The normalized spacial score (nSPS) is 32.1. The van der Waals surface area contributed by atoms with Crippen LogP contribution in [0, 0.1) is 11.8 Å². The lowest BCUT2D eigenvalue weighted by Gasteiger charge is -2.46. The topological polar surface area (TPSA) is 116 Å². The first kappa shape index (κ1) is 22.6. The number of β-lactam (4-membered cyclic amide) rings is 1. The van der Waals surface area contributed by atoms with Gasteiger partial charge >= 0.3 is 5.97 Å². The fourth-order valence-electron chi connectivity index (χ4n) is 4.56. The third-order valence-electron chi connectivity index (χ3n) is 5.92. The number of aliphatic carboxylic acids is 1. The summed E-state index contributed by atoms with van der Waals surface area (Å²) < 4.78 is 0. The number of nitrogens with two attached hydrogens (primary N) is 1. The van der Waals surface area contributed by atoms with Crippen LogP contribution in [0.5, 0.6) is 0 Å². The van der Waals surface area contributed by atoms with E-state index in [0.29, 0.717) is 6.54 Å². The number of halogens is 1. The Morgan fingerprint density at radius 1 is 1.48 bits per heavy atom. The number of fused-ring (bicyclic) bond motifs is 1. The predicted molar refractivity (Wildman–Crippen MR) is 116 cm³/mol. The highest BCUT2D eigenvalue weighted by atomic mass is 35.5. The summed E-state index contributed by atoms with van der Waals surface area (Å²) in [7, 11) is 0. The number of aliphatic hydroxyl groups excluding tert-OH is 1. The molecule has 7 nitrogen and oxygen atoms in total. The molecule has 0 spiro atoms. The maximum atomic E-state index is 12.4. The van der Waals surface area contributed by atoms with E-state index < -0.39 is 18.0 Å². The number of carbonyl (C=O) groups excluding carboxylic acids is 1. The average molecular weight is 460 g/mol. The maximum absolute atomic E-state index is 12.4. The summed E-state index contributed by atoms with van der Waals surface area (Å²) in [4.78, 5) is 28.9. The summed E-state index contributed by atoms with van der Waals surface area (Å²) in [6, 6.07) is 4.15. The van der Waals surface area contributed by atoms with Gasteiger partial charge in [-0.05, 0) is 25.5 Å². The molecule has 0 aliphatic carbocycles. The first-order valence-electron chi connectivity index (χ1n) is 9.50. The zero-order valence-electron chi connectivity index (χ0n) is 16.2. The van der Waals surface area contributed by atoms with E-state index >= 15 is 0 Å². The zero-order valence-corrected chi connectivity index (χ0v) is 18.6. The molecule has 0 saturated carbocycles. The van der Waals surface area contributed by atoms with Crippen LogP contribution in [-0.4, -0.2) is 50.9 Å². The lowest BCUT2D eigenvalue weighted by Crippen LogP contribution is -2.63. The summed E-state index contributed by atoms with van der Waals surface area (Å²) in [6.07, 6.45) is 0.125. The Morgan fingerprint density at radius 2 is 2.21 bits per heavy atom. The predicted octanol–water partition coefficient (Wildman–Crippen LogP) is 1.92. The van der Waals surface area contributed by atoms with E-state index in [9.17, 15) is 19.8 Å². The molecule has 4 rings (SSSR count). The molecule has 10 heteroatoms. The Kier molecular flexibility index (Phi) is 6.67. The molecule has 6 atom stereocenters. The van der Waals surface area contributed by atoms with Crippen molar-refractivity contribution in [2.24, 2.45) is 17.6 Å². The van der Waals surface area contributed by atoms with Crippen LogP contribution < -0.4 is 11.1 Å². The molecule has 1 aromatic rings. The van der Waals surface area contributed by atoms with Crippen LogP contribution in [0.25, 0.3) is 0 Å². The SMILES string of the molecule is C[C@@H](O)[C@H]1C(=O)N2C(C(=O)O)=C(S[C@@H]3CN[C@@H](c4ccc(CN)s4)C3)[C@H](C)[C@H]12.Cl. The second-order valence-electron chi connectivity index (χ2n) is 7.72. The number of hydrogen-bond donors (Lipinski definition) is 4. The van der Waals surface area contributed by atoms with Gasteiger partial charge in [0, 0.05) is 45.0 Å². The lowest BCUT2D eigenvalue weighted by atomic mass is 9.79. The Labute approximate surface area is 184 Å². The van der Waals surface area contributed by atoms with Crippen molar-refractivity contribution in [3.63, 3.8) is 0 Å². The molecule has 3 aliphatic rings. The second kappa shape index (κ2) is 8.56. The molecular weight excluding hydrogens is 434 g/mol. The molecule has 3 aliphatic heterocycles. The van der Waals surface area contributed by atoms with E-state index in [4.69, 9.17) is 5.73 Å². The van der Waals surface area contributed by atoms with Crippen molar-refractivity contribution in [2.75, 3.05) is 6.54 Å². The maximum Gasteiger partial charge on any atom is 0.353 e. The van der Waals surface area contributed by atoms with Crippen LogP contribution in [0.1, 0.15) is 36.1 Å². The number of hydrogen-bond acceptors (Lipinski definition) is 7.